The molecule has 0 bridgehead atoms. The molecule has 0 fully saturated rings. The van der Waals surface area contributed by atoms with Crippen LogP contribution in [0, 0.1) is 11.6 Å². The van der Waals surface area contributed by atoms with E-state index in [1.165, 1.54) is 106 Å². The number of alkyl halides is 1. The summed E-state index contributed by atoms with van der Waals surface area (Å²) in [7, 11) is -3.83. The van der Waals surface area contributed by atoms with E-state index in [0.717, 1.165) is 0 Å². The van der Waals surface area contributed by atoms with Crippen LogP contribution >= 0.6 is 80.9 Å². The molecule has 6 aromatic rings. The van der Waals surface area contributed by atoms with Crippen molar-refractivity contribution in [3.05, 3.63) is 97.7 Å². The van der Waals surface area contributed by atoms with Crippen molar-refractivity contribution < 1.29 is 64.1 Å². The fraction of sp³-hybridized carbons (Fsp3) is 0.212. The van der Waals surface area contributed by atoms with Crippen LogP contribution in [-0.2, 0) is 9.13 Å². The van der Waals surface area contributed by atoms with E-state index >= 15 is 4.39 Å². The van der Waals surface area contributed by atoms with E-state index in [1.54, 1.807) is 6.07 Å². The van der Waals surface area contributed by atoms with Crippen LogP contribution in [-0.4, -0.2) is 87.5 Å². The van der Waals surface area contributed by atoms with E-state index in [0.29, 0.717) is 37.1 Å². The fourth-order valence-electron chi connectivity index (χ4n) is 4.63. The standard InChI is InChI=1S/C16H15BrClFN5O2P.C12H15FN3O2P.C4HBrCl2N2.CH3F.Na.H/c1-26-9-6-21-24(8-9)12-5-4-11(14(13(12)19)27(2,3)25)22-15-10(17)7-20-16(18)23-15;1-18-8-6-15-16(7-8)10-5-4-9(14)12(11(10)13)19(2,3)17;5-2-1-8-4(7)9-3(2)6;1-2;;/h4-8H,1-3H3,(H,20,22,23);4-7H,14H2,1-3H3;1H;1H3;;/q;;;;+1;-1/i;;;1D;;. The van der Waals surface area contributed by atoms with E-state index in [-0.39, 0.29) is 69.2 Å². The number of nitrogens with one attached hydrogen (secondary N) is 1. The quantitative estimate of drug-likeness (QED) is 0.0572. The van der Waals surface area contributed by atoms with Crippen molar-refractivity contribution in [1.29, 1.82) is 0 Å². The van der Waals surface area contributed by atoms with Gasteiger partial charge < -0.3 is 31.1 Å². The number of rotatable bonds is 8. The molecule has 4 heterocycles. The van der Waals surface area contributed by atoms with Crippen molar-refractivity contribution in [2.45, 2.75) is 0 Å². The molecular formula is C33H35Br2Cl3F3N10NaO4P2. The number of nitrogen functional groups attached to an aromatic ring is 1. The average molecular weight is 1040 g/mol. The SMILES string of the molecule is COc1cnn(-c2ccc(N)c(P(C)(C)=O)c2F)c1.COc1cnn(-c2ccc(Nc3nc(Cl)ncc3Br)c(P(C)(C)=O)c2F)c1.Clc1ncc(Br)c(Cl)n1.[2H]CF.[H-].[Na+]. The molecule has 0 aliphatic heterocycles. The molecule has 58 heavy (non-hydrogen) atoms. The zero-order chi connectivity index (χ0) is 43.5. The number of nitrogens with zero attached hydrogens (tertiary/aromatic N) is 8. The Morgan fingerprint density at radius 2 is 1.24 bits per heavy atom. The molecule has 0 radical (unpaired) electrons. The summed E-state index contributed by atoms with van der Waals surface area (Å²) >= 11 is 23.2. The molecule has 0 spiro atoms. The molecule has 0 atom stereocenters. The number of benzene rings is 2. The number of anilines is 3. The summed E-state index contributed by atoms with van der Waals surface area (Å²) in [6, 6.07) is 6.17. The molecule has 0 unspecified atom stereocenters. The van der Waals surface area contributed by atoms with Crippen LogP contribution in [0.2, 0.25) is 15.7 Å². The van der Waals surface area contributed by atoms with Crippen molar-refractivity contribution in [2.75, 3.05) is 59.1 Å². The van der Waals surface area contributed by atoms with Gasteiger partial charge in [0.15, 0.2) is 23.1 Å². The molecule has 14 nitrogen and oxygen atoms in total. The molecule has 6 rings (SSSR count). The van der Waals surface area contributed by atoms with Gasteiger partial charge in [0.1, 0.15) is 36.6 Å². The molecule has 4 aromatic heterocycles. The summed E-state index contributed by atoms with van der Waals surface area (Å²) in [6.07, 6.45) is 8.96. The Balaban J connectivity index is 0.000000473. The smallest absolute Gasteiger partial charge is 1.00 e. The van der Waals surface area contributed by atoms with Gasteiger partial charge in [0, 0.05) is 18.1 Å². The summed E-state index contributed by atoms with van der Waals surface area (Å²) in [5.74, 6) is 0.0647. The van der Waals surface area contributed by atoms with Gasteiger partial charge in [-0.1, -0.05) is 11.6 Å². The minimum absolute atomic E-state index is 0. The first-order valence-corrected chi connectivity index (χ1v) is 23.4. The summed E-state index contributed by atoms with van der Waals surface area (Å²) in [6.45, 7) is 5.95. The Labute approximate surface area is 389 Å². The summed E-state index contributed by atoms with van der Waals surface area (Å²) in [4.78, 5) is 15.2. The molecule has 0 saturated carbocycles. The number of hydrogen-bond acceptors (Lipinski definition) is 12. The van der Waals surface area contributed by atoms with E-state index in [9.17, 15) is 17.9 Å². The van der Waals surface area contributed by atoms with Gasteiger partial charge in [-0.15, -0.1) is 0 Å². The zero-order valence-electron chi connectivity index (χ0n) is 33.7. The van der Waals surface area contributed by atoms with Crippen molar-refractivity contribution in [1.82, 2.24) is 39.5 Å². The third-order valence-corrected chi connectivity index (χ3v) is 12.1. The number of nitrogens with two attached hydrogens (primary N) is 1. The second-order valence-corrected chi connectivity index (χ2v) is 20.8. The van der Waals surface area contributed by atoms with Gasteiger partial charge in [0.25, 0.3) is 0 Å². The number of ether oxygens (including phenoxy) is 2. The van der Waals surface area contributed by atoms with Crippen LogP contribution in [0.3, 0.4) is 0 Å². The van der Waals surface area contributed by atoms with E-state index in [4.69, 9.17) is 51.4 Å². The minimum Gasteiger partial charge on any atom is -1.00 e. The molecule has 0 amide bonds. The Morgan fingerprint density at radius 3 is 1.67 bits per heavy atom. The van der Waals surface area contributed by atoms with Crippen molar-refractivity contribution in [2.24, 2.45) is 0 Å². The number of hydrogen-bond donors (Lipinski definition) is 2. The molecule has 0 saturated heterocycles. The van der Waals surface area contributed by atoms with Gasteiger partial charge in [-0.05, 0) is 106 Å². The van der Waals surface area contributed by atoms with Gasteiger partial charge in [-0.3, -0.25) is 4.39 Å². The predicted molar refractivity (Wildman–Crippen MR) is 229 cm³/mol. The topological polar surface area (TPSA) is 178 Å². The van der Waals surface area contributed by atoms with Crippen LogP contribution in [0.5, 0.6) is 11.5 Å². The van der Waals surface area contributed by atoms with Crippen LogP contribution < -0.4 is 60.7 Å². The average Bonchev–Trinajstić information content (AvgIpc) is 3.82. The van der Waals surface area contributed by atoms with Crippen molar-refractivity contribution >= 4 is 109 Å². The first kappa shape index (κ1) is 49.7. The van der Waals surface area contributed by atoms with E-state index in [1.807, 2.05) is 0 Å². The molecule has 0 aliphatic carbocycles. The van der Waals surface area contributed by atoms with Gasteiger partial charge in [-0.2, -0.15) is 15.2 Å². The third-order valence-electron chi connectivity index (χ3n) is 7.02. The first-order chi connectivity index (χ1) is 27.2. The summed E-state index contributed by atoms with van der Waals surface area (Å²) < 4.78 is 84.2. The van der Waals surface area contributed by atoms with Crippen molar-refractivity contribution in [3.63, 3.8) is 0 Å². The number of methoxy groups -OCH3 is 2. The maximum absolute atomic E-state index is 15.3. The normalized spacial score (nSPS) is 11.0. The molecule has 2 aromatic carbocycles. The Hall–Kier alpha value is -2.70. The zero-order valence-corrected chi connectivity index (χ0v) is 40.9. The fourth-order valence-corrected chi connectivity index (χ4v) is 8.13. The van der Waals surface area contributed by atoms with Crippen LogP contribution in [0.1, 0.15) is 2.80 Å². The Bertz CT molecular complexity index is 2470. The van der Waals surface area contributed by atoms with Gasteiger partial charge in [0.05, 0.1) is 72.8 Å². The number of halogens is 8. The van der Waals surface area contributed by atoms with Gasteiger partial charge in [-0.25, -0.2) is 33.1 Å². The van der Waals surface area contributed by atoms with E-state index < -0.39 is 33.1 Å². The number of aromatic nitrogens is 8. The molecule has 308 valence electrons. The van der Waals surface area contributed by atoms with E-state index in [2.05, 4.69) is 67.3 Å². The molecule has 0 aliphatic rings. The predicted octanol–water partition coefficient (Wildman–Crippen LogP) is 6.32. The second kappa shape index (κ2) is 22.8. The Morgan fingerprint density at radius 1 is 0.793 bits per heavy atom. The largest absolute Gasteiger partial charge is 1.00 e. The van der Waals surface area contributed by atoms with Crippen LogP contribution in [0.15, 0.2) is 70.4 Å². The van der Waals surface area contributed by atoms with Crippen molar-refractivity contribution in [3.8, 4) is 22.9 Å². The van der Waals surface area contributed by atoms with Crippen LogP contribution in [0.4, 0.5) is 30.4 Å². The minimum atomic E-state index is -3.01. The monoisotopic (exact) mass is 1040 g/mol. The second-order valence-electron chi connectivity index (χ2n) is 11.7. The van der Waals surface area contributed by atoms with Crippen LogP contribution in [0.25, 0.3) is 11.4 Å². The molecule has 25 heteroatoms. The van der Waals surface area contributed by atoms with Gasteiger partial charge in [0.2, 0.25) is 10.6 Å². The molecular weight excluding hydrogens is 1010 g/mol. The first-order valence-electron chi connectivity index (χ1n) is 16.2. The summed E-state index contributed by atoms with van der Waals surface area (Å²) in [5, 5.41) is 11.7. The van der Waals surface area contributed by atoms with Gasteiger partial charge >= 0.3 is 29.6 Å². The maximum atomic E-state index is 15.3. The Kier molecular flexibility index (Phi) is 19.5. The maximum Gasteiger partial charge on any atom is 1.00 e. The third kappa shape index (κ3) is 13.7. The molecule has 3 N–H and O–H groups in total. The summed E-state index contributed by atoms with van der Waals surface area (Å²) in [5.41, 5.74) is 6.57.